The Kier molecular flexibility index (Phi) is 7.69. The first-order chi connectivity index (χ1) is 18.8. The molecule has 0 saturated carbocycles. The third-order valence-electron chi connectivity index (χ3n) is 6.57. The van der Waals surface area contributed by atoms with Crippen LogP contribution in [0.5, 0.6) is 11.5 Å². The molecule has 202 valence electrons. The Balaban J connectivity index is 1.35. The maximum absolute atomic E-state index is 15.3. The molecule has 3 heterocycles. The number of aromatic nitrogens is 2. The molecule has 9 nitrogen and oxygen atoms in total. The minimum absolute atomic E-state index is 0.00671. The number of methoxy groups -OCH3 is 2. The largest absolute Gasteiger partial charge is 0.495 e. The van der Waals surface area contributed by atoms with Gasteiger partial charge in [0, 0.05) is 30.6 Å². The SMILES string of the molecule is COc1cc(OC)c(Cl)c(/C(F)=C/c2cnc(N[C@H]3COCC[C@H]3N3C(=O)c4ccccc4C3=O)nc2)c1Cl. The van der Waals surface area contributed by atoms with Crippen LogP contribution in [0.2, 0.25) is 10.0 Å². The van der Waals surface area contributed by atoms with Gasteiger partial charge in [0.2, 0.25) is 5.95 Å². The van der Waals surface area contributed by atoms with E-state index in [4.69, 9.17) is 37.4 Å². The van der Waals surface area contributed by atoms with E-state index in [2.05, 4.69) is 15.3 Å². The van der Waals surface area contributed by atoms with Gasteiger partial charge in [-0.25, -0.2) is 14.4 Å². The fraction of sp³-hybridized carbons (Fsp3) is 0.259. The van der Waals surface area contributed by atoms with E-state index in [1.165, 1.54) is 43.7 Å². The molecule has 1 aromatic heterocycles. The van der Waals surface area contributed by atoms with Crippen LogP contribution in [0.4, 0.5) is 10.3 Å². The zero-order chi connectivity index (χ0) is 27.7. The average Bonchev–Trinajstić information content (AvgIpc) is 3.20. The first-order valence-corrected chi connectivity index (χ1v) is 12.7. The van der Waals surface area contributed by atoms with Gasteiger partial charge >= 0.3 is 0 Å². The van der Waals surface area contributed by atoms with Crippen LogP contribution in [0.25, 0.3) is 11.9 Å². The minimum Gasteiger partial charge on any atom is -0.495 e. The molecule has 1 fully saturated rings. The number of amides is 2. The molecule has 3 aromatic rings. The molecular formula is C27H23Cl2FN4O5. The highest BCUT2D eigenvalue weighted by Crippen LogP contribution is 2.44. The number of nitrogens with zero attached hydrogens (tertiary/aromatic N) is 3. The van der Waals surface area contributed by atoms with Crippen molar-refractivity contribution >= 4 is 52.9 Å². The van der Waals surface area contributed by atoms with Crippen LogP contribution in [0, 0.1) is 0 Å². The third kappa shape index (κ3) is 5.03. The average molecular weight is 573 g/mol. The Labute approximate surface area is 233 Å². The lowest BCUT2D eigenvalue weighted by Gasteiger charge is -2.36. The molecule has 39 heavy (non-hydrogen) atoms. The molecule has 1 N–H and O–H groups in total. The zero-order valence-corrected chi connectivity index (χ0v) is 22.4. The topological polar surface area (TPSA) is 103 Å². The molecule has 2 aliphatic heterocycles. The highest BCUT2D eigenvalue weighted by atomic mass is 35.5. The second-order valence-electron chi connectivity index (χ2n) is 8.82. The Morgan fingerprint density at radius 3 is 2.23 bits per heavy atom. The van der Waals surface area contributed by atoms with Crippen molar-refractivity contribution in [2.24, 2.45) is 0 Å². The number of benzene rings is 2. The van der Waals surface area contributed by atoms with Gasteiger partial charge in [-0.05, 0) is 24.6 Å². The van der Waals surface area contributed by atoms with Crippen LogP contribution >= 0.6 is 23.2 Å². The second-order valence-corrected chi connectivity index (χ2v) is 9.58. The summed E-state index contributed by atoms with van der Waals surface area (Å²) in [5.41, 5.74) is 1.02. The fourth-order valence-corrected chi connectivity index (χ4v) is 5.33. The summed E-state index contributed by atoms with van der Waals surface area (Å²) < 4.78 is 31.3. The number of carbonyl (C=O) groups is 2. The first kappa shape index (κ1) is 26.9. The number of halogens is 3. The van der Waals surface area contributed by atoms with Gasteiger partial charge in [-0.2, -0.15) is 0 Å². The lowest BCUT2D eigenvalue weighted by molar-refractivity contribution is 0.0233. The standard InChI is InChI=1S/C27H23Cl2FN4O5/c1-37-20-10-21(38-2)24(29)22(23(20)28)17(30)9-14-11-31-27(32-12-14)33-18-13-39-8-7-19(18)34-25(35)15-5-3-4-6-16(15)26(34)36/h3-6,9-12,18-19H,7-8,13H2,1-2H3,(H,31,32,33)/b17-9-/t18-,19+/m0/s1. The van der Waals surface area contributed by atoms with E-state index in [0.29, 0.717) is 29.7 Å². The molecule has 2 aliphatic rings. The van der Waals surface area contributed by atoms with E-state index in [-0.39, 0.29) is 51.5 Å². The van der Waals surface area contributed by atoms with Crippen LogP contribution in [0.15, 0.2) is 42.7 Å². The predicted octanol–water partition coefficient (Wildman–Crippen LogP) is 5.13. The molecule has 1 saturated heterocycles. The lowest BCUT2D eigenvalue weighted by atomic mass is 10.0. The van der Waals surface area contributed by atoms with Crippen molar-refractivity contribution in [2.45, 2.75) is 18.5 Å². The monoisotopic (exact) mass is 572 g/mol. The Morgan fingerprint density at radius 2 is 1.67 bits per heavy atom. The number of hydrogen-bond acceptors (Lipinski definition) is 8. The van der Waals surface area contributed by atoms with Gasteiger partial charge in [-0.15, -0.1) is 0 Å². The molecule has 0 aliphatic carbocycles. The highest BCUT2D eigenvalue weighted by Gasteiger charge is 2.43. The van der Waals surface area contributed by atoms with Crippen molar-refractivity contribution < 1.29 is 28.2 Å². The number of nitrogens with one attached hydrogen (secondary N) is 1. The van der Waals surface area contributed by atoms with Crippen LogP contribution in [0.1, 0.15) is 38.3 Å². The van der Waals surface area contributed by atoms with Crippen molar-refractivity contribution in [2.75, 3.05) is 32.8 Å². The van der Waals surface area contributed by atoms with Crippen LogP contribution < -0.4 is 14.8 Å². The predicted molar refractivity (Wildman–Crippen MR) is 144 cm³/mol. The first-order valence-electron chi connectivity index (χ1n) is 11.9. The molecule has 2 aromatic carbocycles. The quantitative estimate of drug-likeness (QED) is 0.388. The van der Waals surface area contributed by atoms with Gasteiger partial charge in [0.1, 0.15) is 17.3 Å². The molecular weight excluding hydrogens is 550 g/mol. The number of ether oxygens (including phenoxy) is 3. The van der Waals surface area contributed by atoms with E-state index < -0.39 is 17.9 Å². The van der Waals surface area contributed by atoms with Gasteiger partial charge in [0.25, 0.3) is 11.8 Å². The van der Waals surface area contributed by atoms with E-state index in [0.717, 1.165) is 0 Å². The number of imide groups is 1. The Hall–Kier alpha value is -3.73. The summed E-state index contributed by atoms with van der Waals surface area (Å²) in [5.74, 6) is -0.777. The van der Waals surface area contributed by atoms with Crippen molar-refractivity contribution in [1.82, 2.24) is 14.9 Å². The van der Waals surface area contributed by atoms with Gasteiger partial charge in [-0.3, -0.25) is 14.5 Å². The molecule has 2 amide bonds. The molecule has 0 radical (unpaired) electrons. The summed E-state index contributed by atoms with van der Waals surface area (Å²) in [4.78, 5) is 35.9. The van der Waals surface area contributed by atoms with Gasteiger partial charge in [0.05, 0.1) is 59.6 Å². The molecule has 0 spiro atoms. The molecule has 5 rings (SSSR count). The number of carbonyl (C=O) groups excluding carboxylic acids is 2. The van der Waals surface area contributed by atoms with E-state index in [1.54, 1.807) is 24.3 Å². The summed E-state index contributed by atoms with van der Waals surface area (Å²) in [6.45, 7) is 0.646. The van der Waals surface area contributed by atoms with Gasteiger partial charge in [0.15, 0.2) is 0 Å². The van der Waals surface area contributed by atoms with Gasteiger partial charge in [-0.1, -0.05) is 35.3 Å². The minimum atomic E-state index is -0.738. The van der Waals surface area contributed by atoms with Crippen LogP contribution in [-0.4, -0.2) is 66.2 Å². The number of anilines is 1. The summed E-state index contributed by atoms with van der Waals surface area (Å²) in [6.07, 6.45) is 4.46. The lowest BCUT2D eigenvalue weighted by Crippen LogP contribution is -2.54. The second kappa shape index (κ2) is 11.2. The summed E-state index contributed by atoms with van der Waals surface area (Å²) in [5, 5.41) is 3.14. The van der Waals surface area contributed by atoms with Gasteiger partial charge < -0.3 is 19.5 Å². The maximum atomic E-state index is 15.3. The van der Waals surface area contributed by atoms with E-state index in [9.17, 15) is 9.59 Å². The molecule has 12 heteroatoms. The zero-order valence-electron chi connectivity index (χ0n) is 20.9. The van der Waals surface area contributed by atoms with Crippen molar-refractivity contribution in [1.29, 1.82) is 0 Å². The van der Waals surface area contributed by atoms with Crippen LogP contribution in [0.3, 0.4) is 0 Å². The number of fused-ring (bicyclic) bond motifs is 1. The molecule has 0 bridgehead atoms. The normalized spacial score (nSPS) is 19.2. The summed E-state index contributed by atoms with van der Waals surface area (Å²) >= 11 is 12.6. The van der Waals surface area contributed by atoms with Crippen molar-refractivity contribution in [3.8, 4) is 11.5 Å². The maximum Gasteiger partial charge on any atom is 0.261 e. The van der Waals surface area contributed by atoms with Crippen LogP contribution in [-0.2, 0) is 4.74 Å². The number of rotatable bonds is 7. The Bertz CT molecular complexity index is 1400. The van der Waals surface area contributed by atoms with E-state index in [1.807, 2.05) is 0 Å². The van der Waals surface area contributed by atoms with E-state index >= 15 is 4.39 Å². The number of hydrogen-bond donors (Lipinski definition) is 1. The highest BCUT2D eigenvalue weighted by molar-refractivity contribution is 6.39. The molecule has 0 unspecified atom stereocenters. The summed E-state index contributed by atoms with van der Waals surface area (Å²) in [7, 11) is 2.80. The molecule has 2 atom stereocenters. The Morgan fingerprint density at radius 1 is 1.08 bits per heavy atom. The smallest absolute Gasteiger partial charge is 0.261 e. The fourth-order valence-electron chi connectivity index (χ4n) is 4.65. The third-order valence-corrected chi connectivity index (χ3v) is 7.32. The van der Waals surface area contributed by atoms with Crippen molar-refractivity contribution in [3.63, 3.8) is 0 Å². The summed E-state index contributed by atoms with van der Waals surface area (Å²) in [6, 6.07) is 7.32. The van der Waals surface area contributed by atoms with Crippen molar-refractivity contribution in [3.05, 3.63) is 75.0 Å².